The van der Waals surface area contributed by atoms with Crippen molar-refractivity contribution in [2.75, 3.05) is 0 Å². The maximum absolute atomic E-state index is 4.32. The molecule has 0 amide bonds. The van der Waals surface area contributed by atoms with Crippen LogP contribution >= 0.6 is 0 Å². The van der Waals surface area contributed by atoms with Gasteiger partial charge in [0.05, 0.1) is 12.0 Å². The van der Waals surface area contributed by atoms with Crippen molar-refractivity contribution in [3.05, 3.63) is 18.2 Å². The Morgan fingerprint density at radius 1 is 1.15 bits per heavy atom. The van der Waals surface area contributed by atoms with Gasteiger partial charge in [0.2, 0.25) is 0 Å². The van der Waals surface area contributed by atoms with E-state index in [-0.39, 0.29) is 0 Å². The van der Waals surface area contributed by atoms with Crippen molar-refractivity contribution in [2.45, 2.75) is 64.6 Å². The number of aromatic nitrogens is 2. The predicted octanol–water partition coefficient (Wildman–Crippen LogP) is 3.21. The first-order valence-electron chi connectivity index (χ1n) is 8.56. The zero-order valence-corrected chi connectivity index (χ0v) is 12.6. The van der Waals surface area contributed by atoms with Gasteiger partial charge in [0.15, 0.2) is 0 Å². The smallest absolute Gasteiger partial charge is 0.0948 e. The van der Waals surface area contributed by atoms with Crippen LogP contribution in [0.15, 0.2) is 12.5 Å². The largest absolute Gasteiger partial charge is 0.333 e. The Balaban J connectivity index is 1.41. The average molecular weight is 273 g/mol. The minimum atomic E-state index is 0.785. The van der Waals surface area contributed by atoms with Crippen LogP contribution in [0.25, 0.3) is 0 Å². The van der Waals surface area contributed by atoms with Gasteiger partial charge >= 0.3 is 0 Å². The molecule has 0 saturated heterocycles. The number of rotatable bonds is 5. The first-order valence-corrected chi connectivity index (χ1v) is 8.56. The van der Waals surface area contributed by atoms with Crippen LogP contribution in [0, 0.1) is 23.7 Å². The number of hydrogen-bond acceptors (Lipinski definition) is 2. The lowest BCUT2D eigenvalue weighted by Crippen LogP contribution is -2.54. The Morgan fingerprint density at radius 3 is 2.50 bits per heavy atom. The monoisotopic (exact) mass is 273 g/mol. The molecular formula is C17H27N3. The van der Waals surface area contributed by atoms with Gasteiger partial charge < -0.3 is 9.88 Å². The first kappa shape index (κ1) is 12.9. The summed E-state index contributed by atoms with van der Waals surface area (Å²) in [6.45, 7) is 4.33. The van der Waals surface area contributed by atoms with Crippen molar-refractivity contribution < 1.29 is 0 Å². The molecular weight excluding hydrogens is 246 g/mol. The van der Waals surface area contributed by atoms with E-state index in [4.69, 9.17) is 0 Å². The molecule has 110 valence electrons. The highest BCUT2D eigenvalue weighted by Crippen LogP contribution is 2.53. The topological polar surface area (TPSA) is 29.9 Å². The maximum atomic E-state index is 4.32. The summed E-state index contributed by atoms with van der Waals surface area (Å²) in [4.78, 5) is 4.32. The van der Waals surface area contributed by atoms with Gasteiger partial charge in [-0.15, -0.1) is 0 Å². The van der Waals surface area contributed by atoms with E-state index in [1.165, 1.54) is 37.8 Å². The molecule has 0 aliphatic heterocycles. The molecule has 0 spiro atoms. The Bertz CT molecular complexity index is 437. The van der Waals surface area contributed by atoms with Crippen molar-refractivity contribution >= 4 is 0 Å². The van der Waals surface area contributed by atoms with Crippen LogP contribution in [0.1, 0.15) is 51.1 Å². The lowest BCUT2D eigenvalue weighted by atomic mass is 9.54. The molecule has 3 heteroatoms. The van der Waals surface area contributed by atoms with Crippen LogP contribution in [-0.4, -0.2) is 15.6 Å². The van der Waals surface area contributed by atoms with Crippen molar-refractivity contribution in [2.24, 2.45) is 23.7 Å². The third kappa shape index (κ3) is 2.20. The van der Waals surface area contributed by atoms with Crippen LogP contribution in [0.4, 0.5) is 0 Å². The van der Waals surface area contributed by atoms with Gasteiger partial charge in [-0.05, 0) is 62.2 Å². The van der Waals surface area contributed by atoms with Crippen LogP contribution in [0.2, 0.25) is 0 Å². The van der Waals surface area contributed by atoms with E-state index in [0.717, 1.165) is 42.8 Å². The molecule has 0 radical (unpaired) electrons. The lowest BCUT2D eigenvalue weighted by Gasteiger charge is -2.54. The molecule has 1 N–H and O–H groups in total. The summed E-state index contributed by atoms with van der Waals surface area (Å²) < 4.78 is 2.31. The Labute approximate surface area is 122 Å². The van der Waals surface area contributed by atoms with Gasteiger partial charge in [-0.3, -0.25) is 0 Å². The third-order valence-electron chi connectivity index (χ3n) is 6.01. The van der Waals surface area contributed by atoms with Crippen molar-refractivity contribution in [1.82, 2.24) is 14.9 Å². The minimum absolute atomic E-state index is 0.785. The van der Waals surface area contributed by atoms with Gasteiger partial charge in [0.1, 0.15) is 0 Å². The highest BCUT2D eigenvalue weighted by Gasteiger charge is 2.47. The molecule has 4 aliphatic rings. The Morgan fingerprint density at radius 2 is 1.85 bits per heavy atom. The van der Waals surface area contributed by atoms with Gasteiger partial charge in [-0.2, -0.15) is 0 Å². The van der Waals surface area contributed by atoms with Gasteiger partial charge in [0, 0.05) is 25.3 Å². The second kappa shape index (κ2) is 5.18. The second-order valence-corrected chi connectivity index (χ2v) is 7.42. The van der Waals surface area contributed by atoms with Crippen molar-refractivity contribution in [3.63, 3.8) is 0 Å². The van der Waals surface area contributed by atoms with E-state index in [2.05, 4.69) is 21.8 Å². The fourth-order valence-corrected chi connectivity index (χ4v) is 5.42. The lowest BCUT2D eigenvalue weighted by molar-refractivity contribution is -0.0144. The van der Waals surface area contributed by atoms with Crippen LogP contribution < -0.4 is 5.32 Å². The van der Waals surface area contributed by atoms with E-state index in [9.17, 15) is 0 Å². The zero-order chi connectivity index (χ0) is 13.5. The molecule has 1 aromatic rings. The SMILES string of the molecule is CCCn1cncc1CNC1C2CC3CC(C2)CC1C3. The van der Waals surface area contributed by atoms with E-state index in [0.29, 0.717) is 0 Å². The normalized spacial score (nSPS) is 38.5. The van der Waals surface area contributed by atoms with Crippen LogP contribution in [-0.2, 0) is 13.1 Å². The zero-order valence-electron chi connectivity index (χ0n) is 12.6. The molecule has 3 nitrogen and oxygen atoms in total. The quantitative estimate of drug-likeness (QED) is 0.893. The van der Waals surface area contributed by atoms with Crippen molar-refractivity contribution in [1.29, 1.82) is 0 Å². The molecule has 0 unspecified atom stereocenters. The summed E-state index contributed by atoms with van der Waals surface area (Å²) in [5.74, 6) is 4.07. The predicted molar refractivity (Wildman–Crippen MR) is 80.2 cm³/mol. The number of aryl methyl sites for hydroxylation is 1. The molecule has 4 saturated carbocycles. The summed E-state index contributed by atoms with van der Waals surface area (Å²) in [5, 5.41) is 3.91. The standard InChI is InChI=1S/C17H27N3/c1-2-3-20-11-18-9-16(20)10-19-17-14-5-12-4-13(7-14)8-15(17)6-12/h9,11-15,17,19H,2-8,10H2,1H3. The van der Waals surface area contributed by atoms with Crippen LogP contribution in [0.3, 0.4) is 0 Å². The van der Waals surface area contributed by atoms with E-state index in [1.54, 1.807) is 6.42 Å². The molecule has 4 fully saturated rings. The number of nitrogens with zero attached hydrogens (tertiary/aromatic N) is 2. The summed E-state index contributed by atoms with van der Waals surface area (Å²) in [6, 6.07) is 0.785. The number of hydrogen-bond donors (Lipinski definition) is 1. The van der Waals surface area contributed by atoms with Gasteiger partial charge in [-0.25, -0.2) is 4.98 Å². The third-order valence-corrected chi connectivity index (χ3v) is 6.01. The Hall–Kier alpha value is -0.830. The fourth-order valence-electron chi connectivity index (χ4n) is 5.42. The average Bonchev–Trinajstić information content (AvgIpc) is 2.85. The van der Waals surface area contributed by atoms with Crippen LogP contribution in [0.5, 0.6) is 0 Å². The summed E-state index contributed by atoms with van der Waals surface area (Å²) in [6.07, 6.45) is 12.7. The summed E-state index contributed by atoms with van der Waals surface area (Å²) in [5.41, 5.74) is 1.36. The molecule has 0 aromatic carbocycles. The molecule has 0 atom stereocenters. The number of imidazole rings is 1. The summed E-state index contributed by atoms with van der Waals surface area (Å²) >= 11 is 0. The van der Waals surface area contributed by atoms with Gasteiger partial charge in [0.25, 0.3) is 0 Å². The molecule has 1 aromatic heterocycles. The molecule has 1 heterocycles. The minimum Gasteiger partial charge on any atom is -0.333 e. The fraction of sp³-hybridized carbons (Fsp3) is 0.824. The Kier molecular flexibility index (Phi) is 3.33. The summed E-state index contributed by atoms with van der Waals surface area (Å²) in [7, 11) is 0. The van der Waals surface area contributed by atoms with E-state index >= 15 is 0 Å². The highest BCUT2D eigenvalue weighted by molar-refractivity contribution is 5.04. The number of nitrogens with one attached hydrogen (secondary N) is 1. The van der Waals surface area contributed by atoms with Crippen molar-refractivity contribution in [3.8, 4) is 0 Å². The van der Waals surface area contributed by atoms with Gasteiger partial charge in [-0.1, -0.05) is 6.92 Å². The second-order valence-electron chi connectivity index (χ2n) is 7.42. The maximum Gasteiger partial charge on any atom is 0.0948 e. The molecule has 4 bridgehead atoms. The molecule has 20 heavy (non-hydrogen) atoms. The van der Waals surface area contributed by atoms with E-state index < -0.39 is 0 Å². The molecule has 4 aliphatic carbocycles. The highest BCUT2D eigenvalue weighted by atomic mass is 15.1. The first-order chi connectivity index (χ1) is 9.83. The molecule has 5 rings (SSSR count). The van der Waals surface area contributed by atoms with E-state index in [1.807, 2.05) is 12.5 Å².